The van der Waals surface area contributed by atoms with E-state index in [0.29, 0.717) is 13.2 Å². The molecule has 0 aromatic rings. The van der Waals surface area contributed by atoms with E-state index in [1.807, 2.05) is 13.8 Å². The first-order valence-electron chi connectivity index (χ1n) is 3.59. The summed E-state index contributed by atoms with van der Waals surface area (Å²) in [5, 5.41) is 0. The molecule has 66 valence electrons. The van der Waals surface area contributed by atoms with Gasteiger partial charge in [0, 0.05) is 0 Å². The molecule has 0 spiro atoms. The Morgan fingerprint density at radius 3 is 2.82 bits per heavy atom. The maximum Gasteiger partial charge on any atom is 0.163 e. The normalized spacial score (nSPS) is 29.2. The Bertz CT molecular complexity index is 127. The summed E-state index contributed by atoms with van der Waals surface area (Å²) in [5.41, 5.74) is 0. The van der Waals surface area contributed by atoms with E-state index in [-0.39, 0.29) is 12.2 Å². The van der Waals surface area contributed by atoms with Crippen LogP contribution in [0.5, 0.6) is 0 Å². The van der Waals surface area contributed by atoms with Crippen LogP contribution >= 0.6 is 11.6 Å². The van der Waals surface area contributed by atoms with Gasteiger partial charge < -0.3 is 14.2 Å². The lowest BCUT2D eigenvalue weighted by atomic mass is 10.4. The molecule has 11 heavy (non-hydrogen) atoms. The highest BCUT2D eigenvalue weighted by atomic mass is 35.5. The lowest BCUT2D eigenvalue weighted by Gasteiger charge is -2.16. The predicted octanol–water partition coefficient (Wildman–Crippen LogP) is 1.35. The topological polar surface area (TPSA) is 27.7 Å². The van der Waals surface area contributed by atoms with Gasteiger partial charge in [-0.25, -0.2) is 0 Å². The number of ether oxygens (including phenoxy) is 3. The van der Waals surface area contributed by atoms with Crippen molar-refractivity contribution in [3.63, 3.8) is 0 Å². The third kappa shape index (κ3) is 2.95. The van der Waals surface area contributed by atoms with Gasteiger partial charge >= 0.3 is 0 Å². The van der Waals surface area contributed by atoms with Crippen molar-refractivity contribution in [2.75, 3.05) is 19.3 Å². The van der Waals surface area contributed by atoms with E-state index in [2.05, 4.69) is 0 Å². The largest absolute Gasteiger partial charge is 0.363 e. The van der Waals surface area contributed by atoms with Gasteiger partial charge in [-0.15, -0.1) is 0 Å². The van der Waals surface area contributed by atoms with Gasteiger partial charge in [-0.1, -0.05) is 11.6 Å². The first-order valence-corrected chi connectivity index (χ1v) is 4.13. The first-order chi connectivity index (χ1) is 5.14. The molecule has 0 aliphatic carbocycles. The summed E-state index contributed by atoms with van der Waals surface area (Å²) in [7, 11) is 0. The van der Waals surface area contributed by atoms with Crippen LogP contribution in [-0.2, 0) is 14.2 Å². The third-order valence-electron chi connectivity index (χ3n) is 1.45. The molecular formula is C7H13ClO3. The zero-order valence-corrected chi connectivity index (χ0v) is 7.56. The van der Waals surface area contributed by atoms with Crippen LogP contribution in [0.3, 0.4) is 0 Å². The Balaban J connectivity index is 2.20. The Kier molecular flexibility index (Phi) is 3.13. The standard InChI is InChI=1S/C7H13ClO3/c1-7(2)10-4-6(11-7)3-9-5-8/h6H,3-5H2,1-2H3. The molecular weight excluding hydrogens is 168 g/mol. The molecule has 1 atom stereocenters. The summed E-state index contributed by atoms with van der Waals surface area (Å²) in [6.07, 6.45) is 0.0312. The second-order valence-corrected chi connectivity index (χ2v) is 3.15. The lowest BCUT2D eigenvalue weighted by molar-refractivity contribution is -0.144. The van der Waals surface area contributed by atoms with Crippen molar-refractivity contribution >= 4 is 11.6 Å². The van der Waals surface area contributed by atoms with Crippen molar-refractivity contribution in [1.29, 1.82) is 0 Å². The number of hydrogen-bond donors (Lipinski definition) is 0. The summed E-state index contributed by atoms with van der Waals surface area (Å²) in [6.45, 7) is 4.86. The Morgan fingerprint density at radius 2 is 2.36 bits per heavy atom. The SMILES string of the molecule is CC1(C)OCC(COCCl)O1. The Labute approximate surface area is 71.6 Å². The highest BCUT2D eigenvalue weighted by Gasteiger charge is 2.32. The molecule has 0 bridgehead atoms. The molecule has 3 nitrogen and oxygen atoms in total. The van der Waals surface area contributed by atoms with Crippen molar-refractivity contribution < 1.29 is 14.2 Å². The highest BCUT2D eigenvalue weighted by molar-refractivity contribution is 6.17. The number of hydrogen-bond acceptors (Lipinski definition) is 3. The van der Waals surface area contributed by atoms with Crippen LogP contribution in [-0.4, -0.2) is 31.2 Å². The van der Waals surface area contributed by atoms with E-state index in [9.17, 15) is 0 Å². The Morgan fingerprint density at radius 1 is 1.64 bits per heavy atom. The van der Waals surface area contributed by atoms with Crippen LogP contribution in [0.25, 0.3) is 0 Å². The van der Waals surface area contributed by atoms with E-state index in [1.165, 1.54) is 0 Å². The quantitative estimate of drug-likeness (QED) is 0.614. The average Bonchev–Trinajstić information content (AvgIpc) is 2.26. The van der Waals surface area contributed by atoms with E-state index in [1.54, 1.807) is 0 Å². The van der Waals surface area contributed by atoms with Gasteiger partial charge in [-0.05, 0) is 13.8 Å². The van der Waals surface area contributed by atoms with Crippen LogP contribution in [0, 0.1) is 0 Å². The zero-order valence-electron chi connectivity index (χ0n) is 6.80. The maximum absolute atomic E-state index is 5.44. The fourth-order valence-corrected chi connectivity index (χ4v) is 1.11. The summed E-state index contributed by atoms with van der Waals surface area (Å²) < 4.78 is 15.7. The molecule has 1 aliphatic heterocycles. The molecule has 1 heterocycles. The smallest absolute Gasteiger partial charge is 0.163 e. The summed E-state index contributed by atoms with van der Waals surface area (Å²) in [6, 6.07) is 0.209. The first kappa shape index (κ1) is 9.26. The summed E-state index contributed by atoms with van der Waals surface area (Å²) in [5.74, 6) is -0.458. The fourth-order valence-electron chi connectivity index (χ4n) is 1.02. The van der Waals surface area contributed by atoms with E-state index in [0.717, 1.165) is 0 Å². The van der Waals surface area contributed by atoms with Crippen LogP contribution in [0.15, 0.2) is 0 Å². The minimum absolute atomic E-state index is 0.0312. The second-order valence-electron chi connectivity index (χ2n) is 2.93. The fraction of sp³-hybridized carbons (Fsp3) is 1.00. The third-order valence-corrected chi connectivity index (χ3v) is 1.60. The van der Waals surface area contributed by atoms with Gasteiger partial charge in [0.05, 0.1) is 13.2 Å². The van der Waals surface area contributed by atoms with Crippen molar-refractivity contribution in [2.45, 2.75) is 25.7 Å². The van der Waals surface area contributed by atoms with Gasteiger partial charge in [0.2, 0.25) is 0 Å². The minimum atomic E-state index is -0.458. The molecule has 0 aromatic carbocycles. The van der Waals surface area contributed by atoms with Crippen molar-refractivity contribution in [3.05, 3.63) is 0 Å². The number of alkyl halides is 1. The van der Waals surface area contributed by atoms with Crippen molar-refractivity contribution in [1.82, 2.24) is 0 Å². The van der Waals surface area contributed by atoms with Gasteiger partial charge in [-0.3, -0.25) is 0 Å². The van der Waals surface area contributed by atoms with Gasteiger partial charge in [0.25, 0.3) is 0 Å². The monoisotopic (exact) mass is 180 g/mol. The van der Waals surface area contributed by atoms with Gasteiger partial charge in [-0.2, -0.15) is 0 Å². The number of halogens is 1. The molecule has 0 saturated carbocycles. The van der Waals surface area contributed by atoms with Crippen LogP contribution in [0.4, 0.5) is 0 Å². The second kappa shape index (κ2) is 3.72. The molecule has 1 fully saturated rings. The van der Waals surface area contributed by atoms with E-state index in [4.69, 9.17) is 25.8 Å². The molecule has 0 amide bonds. The molecule has 1 saturated heterocycles. The zero-order chi connectivity index (χ0) is 8.32. The maximum atomic E-state index is 5.44. The highest BCUT2D eigenvalue weighted by Crippen LogP contribution is 2.22. The van der Waals surface area contributed by atoms with E-state index >= 15 is 0 Å². The van der Waals surface area contributed by atoms with Crippen LogP contribution in [0.2, 0.25) is 0 Å². The van der Waals surface area contributed by atoms with Crippen LogP contribution in [0.1, 0.15) is 13.8 Å². The molecule has 1 aliphatic rings. The minimum Gasteiger partial charge on any atom is -0.363 e. The molecule has 0 aromatic heterocycles. The molecule has 1 rings (SSSR count). The molecule has 0 N–H and O–H groups in total. The summed E-state index contributed by atoms with van der Waals surface area (Å²) >= 11 is 5.33. The predicted molar refractivity (Wildman–Crippen MR) is 41.6 cm³/mol. The van der Waals surface area contributed by atoms with Gasteiger partial charge in [0.15, 0.2) is 5.79 Å². The van der Waals surface area contributed by atoms with Crippen molar-refractivity contribution in [3.8, 4) is 0 Å². The number of rotatable bonds is 3. The van der Waals surface area contributed by atoms with E-state index < -0.39 is 5.79 Å². The van der Waals surface area contributed by atoms with Crippen molar-refractivity contribution in [2.24, 2.45) is 0 Å². The van der Waals surface area contributed by atoms with Gasteiger partial charge in [0.1, 0.15) is 12.2 Å². The lowest BCUT2D eigenvalue weighted by Crippen LogP contribution is -2.23. The van der Waals surface area contributed by atoms with Crippen LogP contribution < -0.4 is 0 Å². The molecule has 0 radical (unpaired) electrons. The molecule has 4 heteroatoms. The summed E-state index contributed by atoms with van der Waals surface area (Å²) in [4.78, 5) is 0. The average molecular weight is 181 g/mol. The molecule has 1 unspecified atom stereocenters. The Hall–Kier alpha value is 0.170.